The summed E-state index contributed by atoms with van der Waals surface area (Å²) in [5, 5.41) is 1.05. The highest BCUT2D eigenvalue weighted by Crippen LogP contribution is 2.32. The van der Waals surface area contributed by atoms with Gasteiger partial charge in [0.2, 0.25) is 0 Å². The summed E-state index contributed by atoms with van der Waals surface area (Å²) in [6.07, 6.45) is 0. The maximum atomic E-state index is 13.4. The molecule has 0 unspecified atom stereocenters. The molecular formula is C26H20Cl2N4O2. The molecule has 0 fully saturated rings. The molecule has 2 heterocycles. The van der Waals surface area contributed by atoms with Gasteiger partial charge >= 0.3 is 5.69 Å². The molecule has 0 bridgehead atoms. The van der Waals surface area contributed by atoms with Gasteiger partial charge in [-0.1, -0.05) is 65.2 Å². The van der Waals surface area contributed by atoms with E-state index in [9.17, 15) is 9.59 Å². The molecule has 5 rings (SSSR count). The second-order valence-electron chi connectivity index (χ2n) is 8.12. The van der Waals surface area contributed by atoms with E-state index >= 15 is 0 Å². The molecule has 8 heteroatoms. The van der Waals surface area contributed by atoms with Gasteiger partial charge in [0.25, 0.3) is 5.56 Å². The number of aromatic nitrogens is 4. The Bertz CT molecular complexity index is 1650. The number of hydrogen-bond donors (Lipinski definition) is 0. The molecule has 0 N–H and O–H groups in total. The van der Waals surface area contributed by atoms with Crippen LogP contribution < -0.4 is 11.2 Å². The predicted octanol–water partition coefficient (Wildman–Crippen LogP) is 5.22. The van der Waals surface area contributed by atoms with E-state index in [1.54, 1.807) is 34.9 Å². The van der Waals surface area contributed by atoms with Gasteiger partial charge in [0, 0.05) is 23.3 Å². The Hall–Kier alpha value is -3.61. The van der Waals surface area contributed by atoms with E-state index in [0.717, 1.165) is 15.7 Å². The normalized spacial score (nSPS) is 11.3. The average Bonchev–Trinajstić information content (AvgIpc) is 3.23. The first kappa shape index (κ1) is 22.2. The van der Waals surface area contributed by atoms with Crippen LogP contribution in [0.1, 0.15) is 11.1 Å². The zero-order valence-corrected chi connectivity index (χ0v) is 20.0. The molecule has 34 heavy (non-hydrogen) atoms. The minimum absolute atomic E-state index is 0.267. The number of hydrogen-bond acceptors (Lipinski definition) is 3. The van der Waals surface area contributed by atoms with Gasteiger partial charge in [0.15, 0.2) is 11.2 Å². The van der Waals surface area contributed by atoms with Gasteiger partial charge in [-0.3, -0.25) is 18.5 Å². The van der Waals surface area contributed by atoms with Crippen molar-refractivity contribution in [1.82, 2.24) is 18.7 Å². The first-order valence-electron chi connectivity index (χ1n) is 10.6. The molecule has 3 aromatic carbocycles. The van der Waals surface area contributed by atoms with Crippen LogP contribution in [0.4, 0.5) is 0 Å². The van der Waals surface area contributed by atoms with Gasteiger partial charge in [0.1, 0.15) is 5.82 Å². The molecule has 0 saturated heterocycles. The van der Waals surface area contributed by atoms with Crippen LogP contribution in [0.15, 0.2) is 82.4 Å². The third kappa shape index (κ3) is 3.75. The smallest absolute Gasteiger partial charge is 0.286 e. The van der Waals surface area contributed by atoms with Crippen LogP contribution in [0.3, 0.4) is 0 Å². The van der Waals surface area contributed by atoms with E-state index in [4.69, 9.17) is 28.2 Å². The molecule has 6 nitrogen and oxygen atoms in total. The van der Waals surface area contributed by atoms with E-state index in [1.165, 1.54) is 11.6 Å². The van der Waals surface area contributed by atoms with Crippen LogP contribution in [0.25, 0.3) is 28.2 Å². The lowest BCUT2D eigenvalue weighted by Crippen LogP contribution is -2.38. The van der Waals surface area contributed by atoms with Crippen LogP contribution in [-0.2, 0) is 13.6 Å². The van der Waals surface area contributed by atoms with E-state index in [0.29, 0.717) is 32.8 Å². The minimum Gasteiger partial charge on any atom is -0.286 e. The maximum absolute atomic E-state index is 13.4. The molecule has 0 aliphatic heterocycles. The highest BCUT2D eigenvalue weighted by Gasteiger charge is 2.23. The van der Waals surface area contributed by atoms with Gasteiger partial charge in [0.05, 0.1) is 11.6 Å². The van der Waals surface area contributed by atoms with Crippen molar-refractivity contribution in [2.24, 2.45) is 7.05 Å². The fraction of sp³-hybridized carbons (Fsp3) is 0.115. The fourth-order valence-corrected chi connectivity index (χ4v) is 4.34. The molecule has 2 aromatic heterocycles. The van der Waals surface area contributed by atoms with Crippen molar-refractivity contribution in [2.75, 3.05) is 0 Å². The second-order valence-corrected chi connectivity index (χ2v) is 8.96. The molecule has 5 aromatic rings. The third-order valence-electron chi connectivity index (χ3n) is 5.80. The Kier molecular flexibility index (Phi) is 5.63. The zero-order valence-electron chi connectivity index (χ0n) is 18.5. The van der Waals surface area contributed by atoms with Gasteiger partial charge in [-0.25, -0.2) is 9.78 Å². The lowest BCUT2D eigenvalue weighted by Gasteiger charge is -2.12. The molecule has 0 aliphatic rings. The fourth-order valence-electron chi connectivity index (χ4n) is 3.99. The van der Waals surface area contributed by atoms with Crippen molar-refractivity contribution in [1.29, 1.82) is 0 Å². The summed E-state index contributed by atoms with van der Waals surface area (Å²) in [5.74, 6) is 0.461. The number of rotatable bonds is 4. The molecule has 0 saturated carbocycles. The second kappa shape index (κ2) is 8.63. The molecule has 0 atom stereocenters. The van der Waals surface area contributed by atoms with Gasteiger partial charge in [-0.15, -0.1) is 0 Å². The third-order valence-corrected chi connectivity index (χ3v) is 6.38. The SMILES string of the molecule is Cc1ccc(Cn2c(=O)n(C)c(=O)c3c2nc(-c2ccccc2Cl)n3-c2ccc(Cl)cc2)cc1. The molecule has 0 aliphatic carbocycles. The Balaban J connectivity index is 1.89. The van der Waals surface area contributed by atoms with Crippen molar-refractivity contribution in [3.8, 4) is 17.1 Å². The number of nitrogens with zero attached hydrogens (tertiary/aromatic N) is 4. The summed E-state index contributed by atoms with van der Waals surface area (Å²) in [7, 11) is 1.48. The number of imidazole rings is 1. The molecule has 0 spiro atoms. The largest absolute Gasteiger partial charge is 0.332 e. The maximum Gasteiger partial charge on any atom is 0.332 e. The summed E-state index contributed by atoms with van der Waals surface area (Å²) in [6, 6.07) is 22.3. The monoisotopic (exact) mass is 490 g/mol. The summed E-state index contributed by atoms with van der Waals surface area (Å²) < 4.78 is 4.37. The van der Waals surface area contributed by atoms with Crippen LogP contribution in [0, 0.1) is 6.92 Å². The van der Waals surface area contributed by atoms with Gasteiger partial charge < -0.3 is 0 Å². The summed E-state index contributed by atoms with van der Waals surface area (Å²) in [5.41, 5.74) is 3.06. The van der Waals surface area contributed by atoms with E-state index in [-0.39, 0.29) is 12.1 Å². The summed E-state index contributed by atoms with van der Waals surface area (Å²) >= 11 is 12.7. The standard InChI is InChI=1S/C26H20Cl2N4O2/c1-16-7-9-17(10-8-16)15-31-24-22(25(33)30(2)26(31)34)32(19-13-11-18(27)12-14-19)23(29-24)20-5-3-4-6-21(20)28/h3-14H,15H2,1-2H3. The van der Waals surface area contributed by atoms with E-state index < -0.39 is 11.2 Å². The van der Waals surface area contributed by atoms with E-state index in [1.807, 2.05) is 49.4 Å². The highest BCUT2D eigenvalue weighted by atomic mass is 35.5. The summed E-state index contributed by atoms with van der Waals surface area (Å²) in [4.78, 5) is 31.4. The van der Waals surface area contributed by atoms with Crippen molar-refractivity contribution in [2.45, 2.75) is 13.5 Å². The highest BCUT2D eigenvalue weighted by molar-refractivity contribution is 6.33. The van der Waals surface area contributed by atoms with Crippen molar-refractivity contribution in [3.05, 3.63) is 115 Å². The Morgan fingerprint density at radius 1 is 0.882 bits per heavy atom. The van der Waals surface area contributed by atoms with Gasteiger partial charge in [-0.05, 0) is 48.9 Å². The topological polar surface area (TPSA) is 61.8 Å². The molecule has 170 valence electrons. The lowest BCUT2D eigenvalue weighted by molar-refractivity contribution is 0.668. The van der Waals surface area contributed by atoms with Crippen LogP contribution >= 0.6 is 23.2 Å². The van der Waals surface area contributed by atoms with Crippen LogP contribution in [0.5, 0.6) is 0 Å². The molecular weight excluding hydrogens is 471 g/mol. The number of benzene rings is 3. The Labute approximate surface area is 205 Å². The summed E-state index contributed by atoms with van der Waals surface area (Å²) in [6.45, 7) is 2.27. The van der Waals surface area contributed by atoms with Crippen molar-refractivity contribution < 1.29 is 0 Å². The Morgan fingerprint density at radius 2 is 1.56 bits per heavy atom. The quantitative estimate of drug-likeness (QED) is 0.347. The van der Waals surface area contributed by atoms with E-state index in [2.05, 4.69) is 0 Å². The zero-order chi connectivity index (χ0) is 24.0. The number of fused-ring (bicyclic) bond motifs is 1. The minimum atomic E-state index is -0.444. The predicted molar refractivity (Wildman–Crippen MR) is 136 cm³/mol. The van der Waals surface area contributed by atoms with Gasteiger partial charge in [-0.2, -0.15) is 0 Å². The first-order chi connectivity index (χ1) is 16.3. The number of halogens is 2. The lowest BCUT2D eigenvalue weighted by atomic mass is 10.1. The van der Waals surface area contributed by atoms with Crippen molar-refractivity contribution in [3.63, 3.8) is 0 Å². The average molecular weight is 491 g/mol. The van der Waals surface area contributed by atoms with Crippen molar-refractivity contribution >= 4 is 34.4 Å². The Morgan fingerprint density at radius 3 is 2.24 bits per heavy atom. The molecule has 0 amide bonds. The number of aryl methyl sites for hydroxylation is 1. The first-order valence-corrected chi connectivity index (χ1v) is 11.4. The molecule has 0 radical (unpaired) electrons. The van der Waals surface area contributed by atoms with Crippen LogP contribution in [0.2, 0.25) is 10.0 Å². The van der Waals surface area contributed by atoms with Crippen LogP contribution in [-0.4, -0.2) is 18.7 Å².